The molecule has 11 heteroatoms. The number of carbonyl (C=O) groups excluding carboxylic acids is 2. The van der Waals surface area contributed by atoms with E-state index in [0.717, 1.165) is 12.8 Å². The maximum atomic E-state index is 12.7. The standard InChI is InChI=1S/C17H16ClF2N5O3/c18-11-5-9(6-23-15(11)28-8-13(19)20)7-25(16(27)10-1-2-10)17-22-4-3-12(24-17)14(21)26/h3-6,10,13H,1-2,7-8H2,(H2,21,26). The van der Waals surface area contributed by atoms with Crippen LogP contribution < -0.4 is 15.4 Å². The topological polar surface area (TPSA) is 111 Å². The van der Waals surface area contributed by atoms with Crippen molar-refractivity contribution in [1.29, 1.82) is 0 Å². The number of nitrogens with zero attached hydrogens (tertiary/aromatic N) is 4. The number of primary amides is 1. The number of nitrogens with two attached hydrogens (primary N) is 1. The Morgan fingerprint density at radius 2 is 2.11 bits per heavy atom. The maximum absolute atomic E-state index is 12.7. The fraction of sp³-hybridized carbons (Fsp3) is 0.353. The van der Waals surface area contributed by atoms with E-state index in [4.69, 9.17) is 22.1 Å². The molecular weight excluding hydrogens is 396 g/mol. The van der Waals surface area contributed by atoms with Crippen molar-refractivity contribution >= 4 is 29.4 Å². The Kier molecular flexibility index (Phi) is 5.98. The molecule has 0 unspecified atom stereocenters. The van der Waals surface area contributed by atoms with Gasteiger partial charge in [0, 0.05) is 18.3 Å². The fourth-order valence-corrected chi connectivity index (χ4v) is 2.64. The van der Waals surface area contributed by atoms with E-state index in [-0.39, 0.29) is 40.9 Å². The van der Waals surface area contributed by atoms with Gasteiger partial charge in [0.15, 0.2) is 6.61 Å². The number of halogens is 3. The zero-order valence-corrected chi connectivity index (χ0v) is 15.3. The third-order valence-corrected chi connectivity index (χ3v) is 4.15. The maximum Gasteiger partial charge on any atom is 0.272 e. The average molecular weight is 412 g/mol. The zero-order chi connectivity index (χ0) is 20.3. The highest BCUT2D eigenvalue weighted by atomic mass is 35.5. The van der Waals surface area contributed by atoms with Gasteiger partial charge >= 0.3 is 0 Å². The molecular formula is C17H16ClF2N5O3. The average Bonchev–Trinajstić information content (AvgIpc) is 3.50. The predicted molar refractivity (Wildman–Crippen MR) is 95.2 cm³/mol. The SMILES string of the molecule is NC(=O)c1ccnc(N(Cc2cnc(OCC(F)F)c(Cl)c2)C(=O)C2CC2)n1. The summed E-state index contributed by atoms with van der Waals surface area (Å²) >= 11 is 6.04. The lowest BCUT2D eigenvalue weighted by atomic mass is 10.2. The Morgan fingerprint density at radius 1 is 1.36 bits per heavy atom. The van der Waals surface area contributed by atoms with Crippen LogP contribution in [0.1, 0.15) is 28.9 Å². The molecule has 0 aliphatic heterocycles. The van der Waals surface area contributed by atoms with E-state index in [9.17, 15) is 18.4 Å². The number of pyridine rings is 1. The summed E-state index contributed by atoms with van der Waals surface area (Å²) in [5.41, 5.74) is 5.73. The van der Waals surface area contributed by atoms with Crippen LogP contribution in [-0.2, 0) is 11.3 Å². The minimum atomic E-state index is -2.65. The van der Waals surface area contributed by atoms with Crippen LogP contribution >= 0.6 is 11.6 Å². The van der Waals surface area contributed by atoms with Gasteiger partial charge in [-0.2, -0.15) is 0 Å². The molecule has 2 aromatic rings. The van der Waals surface area contributed by atoms with Crippen molar-refractivity contribution in [3.05, 3.63) is 40.8 Å². The van der Waals surface area contributed by atoms with E-state index < -0.39 is 18.9 Å². The van der Waals surface area contributed by atoms with Crippen LogP contribution in [-0.4, -0.2) is 39.8 Å². The molecule has 0 spiro atoms. The van der Waals surface area contributed by atoms with Gasteiger partial charge in [-0.25, -0.2) is 23.7 Å². The van der Waals surface area contributed by atoms with Gasteiger partial charge in [0.05, 0.1) is 6.54 Å². The van der Waals surface area contributed by atoms with Crippen molar-refractivity contribution in [2.45, 2.75) is 25.8 Å². The van der Waals surface area contributed by atoms with Gasteiger partial charge in [0.25, 0.3) is 12.3 Å². The molecule has 3 rings (SSSR count). The van der Waals surface area contributed by atoms with E-state index >= 15 is 0 Å². The fourth-order valence-electron chi connectivity index (χ4n) is 2.40. The summed E-state index contributed by atoms with van der Waals surface area (Å²) in [5.74, 6) is -1.18. The van der Waals surface area contributed by atoms with E-state index in [0.29, 0.717) is 5.56 Å². The van der Waals surface area contributed by atoms with E-state index in [1.165, 1.54) is 29.4 Å². The highest BCUT2D eigenvalue weighted by Gasteiger charge is 2.35. The van der Waals surface area contributed by atoms with Gasteiger partial charge in [-0.3, -0.25) is 14.5 Å². The van der Waals surface area contributed by atoms with Crippen LogP contribution in [0.4, 0.5) is 14.7 Å². The molecule has 0 atom stereocenters. The molecule has 0 aromatic carbocycles. The normalized spacial score (nSPS) is 13.4. The second-order valence-corrected chi connectivity index (χ2v) is 6.54. The second kappa shape index (κ2) is 8.42. The summed E-state index contributed by atoms with van der Waals surface area (Å²) in [6, 6.07) is 2.81. The molecule has 28 heavy (non-hydrogen) atoms. The number of rotatable bonds is 8. The first-order valence-electron chi connectivity index (χ1n) is 8.34. The summed E-state index contributed by atoms with van der Waals surface area (Å²) in [4.78, 5) is 37.4. The lowest BCUT2D eigenvalue weighted by Crippen LogP contribution is -2.33. The Balaban J connectivity index is 1.84. The van der Waals surface area contributed by atoms with Gasteiger partial charge < -0.3 is 10.5 Å². The lowest BCUT2D eigenvalue weighted by molar-refractivity contribution is -0.120. The van der Waals surface area contributed by atoms with Crippen LogP contribution in [0.3, 0.4) is 0 Å². The molecule has 2 aromatic heterocycles. The van der Waals surface area contributed by atoms with Gasteiger partial charge in [-0.1, -0.05) is 11.6 Å². The number of hydrogen-bond donors (Lipinski definition) is 1. The van der Waals surface area contributed by atoms with Crippen molar-refractivity contribution in [1.82, 2.24) is 15.0 Å². The summed E-state index contributed by atoms with van der Waals surface area (Å²) < 4.78 is 29.4. The lowest BCUT2D eigenvalue weighted by Gasteiger charge is -2.21. The Labute approximate surface area is 163 Å². The summed E-state index contributed by atoms with van der Waals surface area (Å²) in [7, 11) is 0. The summed E-state index contributed by atoms with van der Waals surface area (Å²) in [6.07, 6.45) is 1.55. The van der Waals surface area contributed by atoms with E-state index in [2.05, 4.69) is 15.0 Å². The highest BCUT2D eigenvalue weighted by molar-refractivity contribution is 6.31. The van der Waals surface area contributed by atoms with Gasteiger partial charge in [-0.05, 0) is 30.5 Å². The van der Waals surface area contributed by atoms with Gasteiger partial charge in [0.1, 0.15) is 10.7 Å². The molecule has 1 aliphatic carbocycles. The van der Waals surface area contributed by atoms with Crippen molar-refractivity contribution in [3.8, 4) is 5.88 Å². The van der Waals surface area contributed by atoms with Crippen molar-refractivity contribution in [2.24, 2.45) is 11.7 Å². The first-order valence-corrected chi connectivity index (χ1v) is 8.72. The monoisotopic (exact) mass is 411 g/mol. The Bertz CT molecular complexity index is 895. The molecule has 2 amide bonds. The number of alkyl halides is 2. The van der Waals surface area contributed by atoms with Crippen LogP contribution in [0.15, 0.2) is 24.5 Å². The van der Waals surface area contributed by atoms with Crippen molar-refractivity contribution in [3.63, 3.8) is 0 Å². The number of amides is 2. The molecule has 148 valence electrons. The minimum Gasteiger partial charge on any atom is -0.471 e. The number of anilines is 1. The third-order valence-electron chi connectivity index (χ3n) is 3.88. The Hall–Kier alpha value is -2.88. The van der Waals surface area contributed by atoms with Crippen LogP contribution in [0, 0.1) is 5.92 Å². The first-order chi connectivity index (χ1) is 13.3. The van der Waals surface area contributed by atoms with Gasteiger partial charge in [-0.15, -0.1) is 0 Å². The van der Waals surface area contributed by atoms with Crippen LogP contribution in [0.5, 0.6) is 5.88 Å². The number of ether oxygens (including phenoxy) is 1. The van der Waals surface area contributed by atoms with Crippen molar-refractivity contribution in [2.75, 3.05) is 11.5 Å². The second-order valence-electron chi connectivity index (χ2n) is 6.14. The largest absolute Gasteiger partial charge is 0.471 e. The van der Waals surface area contributed by atoms with Crippen LogP contribution in [0.25, 0.3) is 0 Å². The van der Waals surface area contributed by atoms with E-state index in [1.54, 1.807) is 0 Å². The highest BCUT2D eigenvalue weighted by Crippen LogP contribution is 2.33. The minimum absolute atomic E-state index is 0.0227. The van der Waals surface area contributed by atoms with Gasteiger partial charge in [0.2, 0.25) is 17.7 Å². The summed E-state index contributed by atoms with van der Waals surface area (Å²) in [5, 5.41) is 0.0313. The molecule has 0 saturated heterocycles. The molecule has 8 nitrogen and oxygen atoms in total. The number of hydrogen-bond acceptors (Lipinski definition) is 6. The molecule has 0 radical (unpaired) electrons. The molecule has 2 heterocycles. The molecule has 1 saturated carbocycles. The first kappa shape index (κ1) is 19.9. The predicted octanol–water partition coefficient (Wildman–Crippen LogP) is 2.21. The smallest absolute Gasteiger partial charge is 0.272 e. The van der Waals surface area contributed by atoms with Crippen LogP contribution in [0.2, 0.25) is 5.02 Å². The number of carbonyl (C=O) groups is 2. The number of aromatic nitrogens is 3. The Morgan fingerprint density at radius 3 is 2.71 bits per heavy atom. The van der Waals surface area contributed by atoms with E-state index in [1.807, 2.05) is 0 Å². The molecule has 2 N–H and O–H groups in total. The molecule has 0 bridgehead atoms. The third kappa shape index (κ3) is 4.89. The quantitative estimate of drug-likeness (QED) is 0.712. The zero-order valence-electron chi connectivity index (χ0n) is 14.5. The summed E-state index contributed by atoms with van der Waals surface area (Å²) in [6.45, 7) is -0.800. The van der Waals surface area contributed by atoms with Crippen molar-refractivity contribution < 1.29 is 23.1 Å². The molecule has 1 aliphatic rings. The molecule has 1 fully saturated rings.